The van der Waals surface area contributed by atoms with Crippen LogP contribution in [0.1, 0.15) is 12.1 Å². The number of piperazine rings is 1. The van der Waals surface area contributed by atoms with Crippen molar-refractivity contribution in [3.05, 3.63) is 30.0 Å². The average molecular weight is 330 g/mol. The highest BCUT2D eigenvalue weighted by Crippen LogP contribution is 2.21. The summed E-state index contributed by atoms with van der Waals surface area (Å²) in [5.74, 6) is 0.930. The molecule has 1 aromatic carbocycles. The summed E-state index contributed by atoms with van der Waals surface area (Å²) in [6, 6.07) is 8.25. The molecule has 24 heavy (non-hydrogen) atoms. The number of aromatic amines is 1. The second-order valence-corrected chi connectivity index (χ2v) is 6.63. The van der Waals surface area contributed by atoms with Gasteiger partial charge in [-0.05, 0) is 38.4 Å². The molecule has 0 bridgehead atoms. The third-order valence-electron chi connectivity index (χ3n) is 4.76. The minimum atomic E-state index is 0.0957. The molecule has 1 amide bonds. The Hall–Kier alpha value is -2.05. The van der Waals surface area contributed by atoms with E-state index in [1.807, 2.05) is 18.2 Å². The highest BCUT2D eigenvalue weighted by atomic mass is 16.5. The maximum absolute atomic E-state index is 12.3. The molecule has 0 radical (unpaired) electrons. The van der Waals surface area contributed by atoms with Crippen LogP contribution in [0.25, 0.3) is 10.9 Å². The molecule has 2 aromatic rings. The van der Waals surface area contributed by atoms with Crippen LogP contribution in [0.15, 0.2) is 24.3 Å². The first-order valence-electron chi connectivity index (χ1n) is 8.36. The molecule has 1 atom stereocenters. The second kappa shape index (κ2) is 7.23. The molecule has 0 saturated carbocycles. The van der Waals surface area contributed by atoms with Crippen molar-refractivity contribution in [2.24, 2.45) is 0 Å². The van der Waals surface area contributed by atoms with Gasteiger partial charge in [-0.3, -0.25) is 4.79 Å². The van der Waals surface area contributed by atoms with Gasteiger partial charge in [-0.15, -0.1) is 0 Å². The normalized spacial score (nSPS) is 19.5. The third kappa shape index (κ3) is 3.88. The number of fused-ring (bicyclic) bond motifs is 1. The van der Waals surface area contributed by atoms with Gasteiger partial charge in [0.2, 0.25) is 5.91 Å². The number of aromatic nitrogens is 1. The first kappa shape index (κ1) is 16.8. The third-order valence-corrected chi connectivity index (χ3v) is 4.76. The zero-order valence-corrected chi connectivity index (χ0v) is 14.6. The van der Waals surface area contributed by atoms with Crippen LogP contribution < -0.4 is 10.1 Å². The summed E-state index contributed by atoms with van der Waals surface area (Å²) in [7, 11) is 5.86. The predicted octanol–water partition coefficient (Wildman–Crippen LogP) is 1.43. The van der Waals surface area contributed by atoms with Gasteiger partial charge in [-0.2, -0.15) is 0 Å². The van der Waals surface area contributed by atoms with Gasteiger partial charge in [0.05, 0.1) is 13.7 Å². The fourth-order valence-electron chi connectivity index (χ4n) is 3.19. The lowest BCUT2D eigenvalue weighted by Gasteiger charge is -2.37. The van der Waals surface area contributed by atoms with Crippen LogP contribution in [0.2, 0.25) is 0 Å². The van der Waals surface area contributed by atoms with Gasteiger partial charge < -0.3 is 24.8 Å². The summed E-state index contributed by atoms with van der Waals surface area (Å²) in [6.07, 6.45) is 0.537. The molecule has 2 heterocycles. The Morgan fingerprint density at radius 1 is 1.33 bits per heavy atom. The van der Waals surface area contributed by atoms with Crippen molar-refractivity contribution < 1.29 is 9.53 Å². The molecule has 6 nitrogen and oxygen atoms in total. The van der Waals surface area contributed by atoms with E-state index in [4.69, 9.17) is 4.74 Å². The van der Waals surface area contributed by atoms with Gasteiger partial charge in [-0.25, -0.2) is 0 Å². The van der Waals surface area contributed by atoms with Crippen LogP contribution in [0, 0.1) is 0 Å². The zero-order valence-electron chi connectivity index (χ0n) is 14.6. The number of nitrogens with zero attached hydrogens (tertiary/aromatic N) is 2. The maximum atomic E-state index is 12.3. The largest absolute Gasteiger partial charge is 0.497 e. The first-order valence-corrected chi connectivity index (χ1v) is 8.36. The number of ether oxygens (including phenoxy) is 1. The Morgan fingerprint density at radius 3 is 2.96 bits per heavy atom. The molecule has 0 aliphatic carbocycles. The average Bonchev–Trinajstić information content (AvgIpc) is 2.98. The molecule has 1 aromatic heterocycles. The van der Waals surface area contributed by atoms with E-state index >= 15 is 0 Å². The number of benzene rings is 1. The summed E-state index contributed by atoms with van der Waals surface area (Å²) in [5.41, 5.74) is 2.05. The van der Waals surface area contributed by atoms with Crippen LogP contribution in [0.5, 0.6) is 5.75 Å². The van der Waals surface area contributed by atoms with Crippen LogP contribution >= 0.6 is 0 Å². The number of carbonyl (C=O) groups excluding carboxylic acids is 1. The Labute approximate surface area is 142 Å². The van der Waals surface area contributed by atoms with E-state index in [1.165, 1.54) is 0 Å². The number of rotatable bonds is 5. The molecular formula is C18H26N4O2. The molecule has 3 rings (SSSR count). The van der Waals surface area contributed by atoms with E-state index in [9.17, 15) is 4.79 Å². The van der Waals surface area contributed by atoms with Crippen molar-refractivity contribution in [1.29, 1.82) is 0 Å². The summed E-state index contributed by atoms with van der Waals surface area (Å²) in [4.78, 5) is 20.1. The molecule has 6 heteroatoms. The topological polar surface area (TPSA) is 60.6 Å². The minimum Gasteiger partial charge on any atom is -0.497 e. The molecule has 1 aliphatic rings. The van der Waals surface area contributed by atoms with Crippen molar-refractivity contribution in [2.45, 2.75) is 19.0 Å². The monoisotopic (exact) mass is 330 g/mol. The number of H-pyrrole nitrogens is 1. The first-order chi connectivity index (χ1) is 11.5. The van der Waals surface area contributed by atoms with Crippen molar-refractivity contribution in [1.82, 2.24) is 20.1 Å². The lowest BCUT2D eigenvalue weighted by Crippen LogP contribution is -2.51. The number of hydrogen-bond acceptors (Lipinski definition) is 4. The summed E-state index contributed by atoms with van der Waals surface area (Å²) >= 11 is 0. The van der Waals surface area contributed by atoms with Gasteiger partial charge in [0.15, 0.2) is 0 Å². The lowest BCUT2D eigenvalue weighted by atomic mass is 10.1. The number of hydrogen-bond donors (Lipinski definition) is 2. The fraction of sp³-hybridized carbons (Fsp3) is 0.500. The minimum absolute atomic E-state index is 0.0957. The lowest BCUT2D eigenvalue weighted by molar-refractivity contribution is -0.122. The van der Waals surface area contributed by atoms with Crippen LogP contribution in [0.4, 0.5) is 0 Å². The smallest absolute Gasteiger partial charge is 0.221 e. The summed E-state index contributed by atoms with van der Waals surface area (Å²) < 4.78 is 5.24. The molecule has 0 unspecified atom stereocenters. The molecule has 1 saturated heterocycles. The molecule has 0 spiro atoms. The quantitative estimate of drug-likeness (QED) is 0.871. The second-order valence-electron chi connectivity index (χ2n) is 6.63. The van der Waals surface area contributed by atoms with Crippen LogP contribution in [-0.4, -0.2) is 67.6 Å². The van der Waals surface area contributed by atoms with Crippen molar-refractivity contribution in [3.8, 4) is 5.75 Å². The van der Waals surface area contributed by atoms with Crippen molar-refractivity contribution in [3.63, 3.8) is 0 Å². The van der Waals surface area contributed by atoms with Gasteiger partial charge >= 0.3 is 0 Å². The Bertz CT molecular complexity index is 712. The van der Waals surface area contributed by atoms with Gasteiger partial charge in [0.1, 0.15) is 5.75 Å². The molecule has 2 N–H and O–H groups in total. The number of carbonyl (C=O) groups is 1. The van der Waals surface area contributed by atoms with Crippen molar-refractivity contribution >= 4 is 16.8 Å². The van der Waals surface area contributed by atoms with E-state index < -0.39 is 0 Å². The Kier molecular flexibility index (Phi) is 5.06. The number of likely N-dealkylation sites (N-methyl/N-ethyl adjacent to an activating group) is 2. The standard InChI is InChI=1S/C18H26N4O2/c1-21-6-7-22(2)15(12-21)10-18(23)19-11-14-8-13-9-16(24-3)4-5-17(13)20-14/h4-5,8-9,15,20H,6-7,10-12H2,1-3H3,(H,19,23)/t15-/m1/s1. The van der Waals surface area contributed by atoms with Crippen molar-refractivity contribution in [2.75, 3.05) is 40.8 Å². The SMILES string of the molecule is COc1ccc2[nH]c(CNC(=O)C[C@@H]3CN(C)CCN3C)cc2c1. The summed E-state index contributed by atoms with van der Waals surface area (Å²) in [6.45, 7) is 3.53. The van der Waals surface area contributed by atoms with E-state index in [0.29, 0.717) is 13.0 Å². The van der Waals surface area contributed by atoms with E-state index in [0.717, 1.165) is 42.0 Å². The highest BCUT2D eigenvalue weighted by molar-refractivity contribution is 5.82. The zero-order chi connectivity index (χ0) is 17.1. The van der Waals surface area contributed by atoms with E-state index in [-0.39, 0.29) is 11.9 Å². The van der Waals surface area contributed by atoms with Crippen LogP contribution in [-0.2, 0) is 11.3 Å². The molecular weight excluding hydrogens is 304 g/mol. The number of amides is 1. The van der Waals surface area contributed by atoms with E-state index in [2.05, 4.69) is 40.3 Å². The number of nitrogens with one attached hydrogen (secondary N) is 2. The highest BCUT2D eigenvalue weighted by Gasteiger charge is 2.24. The van der Waals surface area contributed by atoms with Crippen LogP contribution in [0.3, 0.4) is 0 Å². The van der Waals surface area contributed by atoms with Gasteiger partial charge in [0.25, 0.3) is 0 Å². The van der Waals surface area contributed by atoms with Gasteiger partial charge in [0, 0.05) is 48.7 Å². The molecule has 1 fully saturated rings. The van der Waals surface area contributed by atoms with E-state index in [1.54, 1.807) is 7.11 Å². The fourth-order valence-corrected chi connectivity index (χ4v) is 3.19. The Balaban J connectivity index is 1.56. The maximum Gasteiger partial charge on any atom is 0.221 e. The molecule has 130 valence electrons. The summed E-state index contributed by atoms with van der Waals surface area (Å²) in [5, 5.41) is 4.11. The molecule has 1 aliphatic heterocycles. The Morgan fingerprint density at radius 2 is 2.17 bits per heavy atom. The van der Waals surface area contributed by atoms with Gasteiger partial charge in [-0.1, -0.05) is 0 Å². The predicted molar refractivity (Wildman–Crippen MR) is 95.2 cm³/mol. The number of methoxy groups -OCH3 is 1.